The van der Waals surface area contributed by atoms with Crippen molar-refractivity contribution in [2.45, 2.75) is 19.9 Å². The van der Waals surface area contributed by atoms with Crippen LogP contribution in [0.25, 0.3) is 0 Å². The van der Waals surface area contributed by atoms with E-state index in [2.05, 4.69) is 0 Å². The minimum absolute atomic E-state index is 0.114. The highest BCUT2D eigenvalue weighted by atomic mass is 35.5. The first-order valence-corrected chi connectivity index (χ1v) is 5.77. The fraction of sp³-hybridized carbons (Fsp3) is 0.455. The lowest BCUT2D eigenvalue weighted by atomic mass is 10.2. The maximum absolute atomic E-state index is 13.4. The van der Waals surface area contributed by atoms with Gasteiger partial charge in [-0.3, -0.25) is 10.1 Å². The van der Waals surface area contributed by atoms with Gasteiger partial charge in [-0.25, -0.2) is 4.39 Å². The van der Waals surface area contributed by atoms with Crippen molar-refractivity contribution in [3.05, 3.63) is 33.1 Å². The molecule has 0 aliphatic heterocycles. The predicted molar refractivity (Wildman–Crippen MR) is 67.6 cm³/mol. The van der Waals surface area contributed by atoms with Gasteiger partial charge in [0.05, 0.1) is 16.6 Å². The van der Waals surface area contributed by atoms with Gasteiger partial charge in [0.2, 0.25) is 0 Å². The van der Waals surface area contributed by atoms with E-state index in [9.17, 15) is 14.5 Å². The van der Waals surface area contributed by atoms with E-state index in [1.807, 2.05) is 0 Å². The lowest BCUT2D eigenvalue weighted by Crippen LogP contribution is -2.34. The molecule has 0 spiro atoms. The summed E-state index contributed by atoms with van der Waals surface area (Å²) in [5, 5.41) is 19.6. The Kier molecular flexibility index (Phi) is 4.86. The number of rotatable bonds is 5. The first-order chi connectivity index (χ1) is 8.38. The van der Waals surface area contributed by atoms with Gasteiger partial charge in [-0.05, 0) is 13.8 Å². The Bertz CT molecular complexity index is 454. The molecule has 18 heavy (non-hydrogen) atoms. The number of nitro benzene ring substituents is 1. The zero-order valence-electron chi connectivity index (χ0n) is 10.1. The zero-order valence-corrected chi connectivity index (χ0v) is 10.8. The quantitative estimate of drug-likeness (QED) is 0.663. The van der Waals surface area contributed by atoms with Gasteiger partial charge in [0.15, 0.2) is 0 Å². The number of anilines is 1. The molecular weight excluding hydrogens is 263 g/mol. The summed E-state index contributed by atoms with van der Waals surface area (Å²) in [4.78, 5) is 11.9. The van der Waals surface area contributed by atoms with Gasteiger partial charge in [-0.15, -0.1) is 0 Å². The molecule has 5 nitrogen and oxygen atoms in total. The number of aliphatic hydroxyl groups is 1. The van der Waals surface area contributed by atoms with Crippen molar-refractivity contribution in [3.63, 3.8) is 0 Å². The van der Waals surface area contributed by atoms with Gasteiger partial charge < -0.3 is 10.0 Å². The van der Waals surface area contributed by atoms with Crippen LogP contribution in [0, 0.1) is 15.9 Å². The van der Waals surface area contributed by atoms with Gasteiger partial charge in [-0.1, -0.05) is 11.6 Å². The summed E-state index contributed by atoms with van der Waals surface area (Å²) in [5.74, 6) is -0.721. The largest absolute Gasteiger partial charge is 0.395 e. The summed E-state index contributed by atoms with van der Waals surface area (Å²) in [6, 6.07) is 1.89. The van der Waals surface area contributed by atoms with Crippen LogP contribution in [0.2, 0.25) is 5.02 Å². The van der Waals surface area contributed by atoms with E-state index in [1.165, 1.54) is 0 Å². The first-order valence-electron chi connectivity index (χ1n) is 5.39. The summed E-state index contributed by atoms with van der Waals surface area (Å²) < 4.78 is 13.4. The molecule has 0 radical (unpaired) electrons. The van der Waals surface area contributed by atoms with Crippen LogP contribution in [-0.4, -0.2) is 29.2 Å². The molecule has 0 aliphatic carbocycles. The predicted octanol–water partition coefficient (Wildman–Crippen LogP) is 2.59. The Morgan fingerprint density at radius 1 is 1.56 bits per heavy atom. The van der Waals surface area contributed by atoms with E-state index in [0.29, 0.717) is 0 Å². The summed E-state index contributed by atoms with van der Waals surface area (Å²) in [6.07, 6.45) is 0. The van der Waals surface area contributed by atoms with E-state index in [4.69, 9.17) is 16.7 Å². The second-order valence-corrected chi connectivity index (χ2v) is 4.43. The van der Waals surface area contributed by atoms with Crippen LogP contribution < -0.4 is 4.90 Å². The van der Waals surface area contributed by atoms with Gasteiger partial charge >= 0.3 is 0 Å². The molecule has 0 aromatic heterocycles. The van der Waals surface area contributed by atoms with Crippen LogP contribution in [0.15, 0.2) is 12.1 Å². The van der Waals surface area contributed by atoms with Crippen molar-refractivity contribution in [2.24, 2.45) is 0 Å². The Morgan fingerprint density at radius 2 is 2.17 bits per heavy atom. The van der Waals surface area contributed by atoms with Crippen molar-refractivity contribution < 1.29 is 14.4 Å². The number of aliphatic hydroxyl groups excluding tert-OH is 1. The Balaban J connectivity index is 3.35. The molecule has 1 aromatic rings. The Morgan fingerprint density at radius 3 is 2.61 bits per heavy atom. The van der Waals surface area contributed by atoms with Crippen molar-refractivity contribution in [1.82, 2.24) is 0 Å². The lowest BCUT2D eigenvalue weighted by molar-refractivity contribution is -0.384. The molecule has 0 bridgehead atoms. The summed E-state index contributed by atoms with van der Waals surface area (Å²) in [5.41, 5.74) is -0.158. The molecular formula is C11H14ClFN2O3. The van der Waals surface area contributed by atoms with Gasteiger partial charge in [0.1, 0.15) is 11.5 Å². The number of nitrogens with zero attached hydrogens (tertiary/aromatic N) is 2. The number of benzene rings is 1. The fourth-order valence-electron chi connectivity index (χ4n) is 1.67. The van der Waals surface area contributed by atoms with Crippen LogP contribution in [0.4, 0.5) is 15.8 Å². The van der Waals surface area contributed by atoms with Gasteiger partial charge in [-0.2, -0.15) is 0 Å². The monoisotopic (exact) mass is 276 g/mol. The standard InChI is InChI=1S/C11H14ClFN2O3/c1-7(2)14(3-4-16)10-6-9(13)8(12)5-11(10)15(17)18/h5-7,16H,3-4H2,1-2H3. The maximum Gasteiger partial charge on any atom is 0.294 e. The maximum atomic E-state index is 13.4. The molecule has 100 valence electrons. The third-order valence-corrected chi connectivity index (χ3v) is 2.78. The molecule has 0 unspecified atom stereocenters. The Hall–Kier alpha value is -1.40. The molecule has 0 amide bonds. The molecule has 0 saturated carbocycles. The number of halogens is 2. The molecule has 0 heterocycles. The molecule has 0 fully saturated rings. The third kappa shape index (κ3) is 3.08. The fourth-order valence-corrected chi connectivity index (χ4v) is 1.82. The highest BCUT2D eigenvalue weighted by Gasteiger charge is 2.23. The van der Waals surface area contributed by atoms with E-state index in [-0.39, 0.29) is 35.6 Å². The van der Waals surface area contributed by atoms with Gasteiger partial charge in [0.25, 0.3) is 5.69 Å². The van der Waals surface area contributed by atoms with E-state index >= 15 is 0 Å². The zero-order chi connectivity index (χ0) is 13.9. The van der Waals surface area contributed by atoms with Crippen molar-refractivity contribution in [1.29, 1.82) is 0 Å². The van der Waals surface area contributed by atoms with Crippen LogP contribution >= 0.6 is 11.6 Å². The second kappa shape index (κ2) is 5.97. The van der Waals surface area contributed by atoms with Gasteiger partial charge in [0, 0.05) is 24.7 Å². The van der Waals surface area contributed by atoms with Crippen LogP contribution in [-0.2, 0) is 0 Å². The lowest BCUT2D eigenvalue weighted by Gasteiger charge is -2.27. The number of hydrogen-bond donors (Lipinski definition) is 1. The molecule has 0 atom stereocenters. The van der Waals surface area contributed by atoms with E-state index < -0.39 is 10.7 Å². The first kappa shape index (κ1) is 14.7. The van der Waals surface area contributed by atoms with Crippen LogP contribution in [0.3, 0.4) is 0 Å². The highest BCUT2D eigenvalue weighted by molar-refractivity contribution is 6.31. The summed E-state index contributed by atoms with van der Waals surface area (Å²) >= 11 is 5.54. The van der Waals surface area contributed by atoms with E-state index in [0.717, 1.165) is 12.1 Å². The van der Waals surface area contributed by atoms with Crippen molar-refractivity contribution >= 4 is 23.0 Å². The molecule has 7 heteroatoms. The SMILES string of the molecule is CC(C)N(CCO)c1cc(F)c(Cl)cc1[N+](=O)[O-]. The Labute approximate surface area is 109 Å². The molecule has 1 N–H and O–H groups in total. The van der Waals surface area contributed by atoms with Crippen LogP contribution in [0.5, 0.6) is 0 Å². The topological polar surface area (TPSA) is 66.6 Å². The third-order valence-electron chi connectivity index (χ3n) is 2.49. The molecule has 0 saturated heterocycles. The average Bonchev–Trinajstić information content (AvgIpc) is 2.28. The molecule has 1 aromatic carbocycles. The normalized spacial score (nSPS) is 10.8. The van der Waals surface area contributed by atoms with Crippen LogP contribution in [0.1, 0.15) is 13.8 Å². The van der Waals surface area contributed by atoms with Crippen molar-refractivity contribution in [2.75, 3.05) is 18.1 Å². The minimum atomic E-state index is -0.721. The average molecular weight is 277 g/mol. The summed E-state index contributed by atoms with van der Waals surface area (Å²) in [7, 11) is 0. The highest BCUT2D eigenvalue weighted by Crippen LogP contribution is 2.34. The number of nitro groups is 1. The molecule has 0 aliphatic rings. The van der Waals surface area contributed by atoms with Crippen molar-refractivity contribution in [3.8, 4) is 0 Å². The smallest absolute Gasteiger partial charge is 0.294 e. The summed E-state index contributed by atoms with van der Waals surface area (Å²) in [6.45, 7) is 3.59. The number of hydrogen-bond acceptors (Lipinski definition) is 4. The molecule has 1 rings (SSSR count). The van der Waals surface area contributed by atoms with E-state index in [1.54, 1.807) is 18.7 Å². The second-order valence-electron chi connectivity index (χ2n) is 4.02. The minimum Gasteiger partial charge on any atom is -0.395 e.